The fourth-order valence-corrected chi connectivity index (χ4v) is 3.34. The normalized spacial score (nSPS) is 15.0. The van der Waals surface area contributed by atoms with Crippen LogP contribution < -0.4 is 0 Å². The molecule has 0 aliphatic carbocycles. The highest BCUT2D eigenvalue weighted by molar-refractivity contribution is 5.77. The predicted molar refractivity (Wildman–Crippen MR) is 106 cm³/mol. The molecule has 1 aromatic heterocycles. The highest BCUT2D eigenvalue weighted by atomic mass is 16.5. The van der Waals surface area contributed by atoms with Crippen LogP contribution in [0.3, 0.4) is 0 Å². The lowest BCUT2D eigenvalue weighted by molar-refractivity contribution is -0.132. The van der Waals surface area contributed by atoms with Crippen LogP contribution in [0.15, 0.2) is 28.8 Å². The zero-order valence-corrected chi connectivity index (χ0v) is 16.9. The van der Waals surface area contributed by atoms with Crippen molar-refractivity contribution in [2.24, 2.45) is 0 Å². The van der Waals surface area contributed by atoms with Crippen molar-refractivity contribution in [2.75, 3.05) is 26.2 Å². The number of hydrogen-bond acceptors (Lipinski definition) is 5. The second-order valence-electron chi connectivity index (χ2n) is 7.53. The molecule has 0 spiro atoms. The standard InChI is InChI=1S/C21H28N4O3/c1-15(2)17-5-7-18(8-6-17)21-22-19(28-23-21)9-10-20(27)25-12-4-11-24(13-14-25)16(3)26/h5-8,15H,4,9-14H2,1-3H3. The van der Waals surface area contributed by atoms with Crippen LogP contribution in [0, 0.1) is 0 Å². The van der Waals surface area contributed by atoms with Crippen LogP contribution in [0.25, 0.3) is 11.4 Å². The summed E-state index contributed by atoms with van der Waals surface area (Å²) in [5.74, 6) is 1.61. The van der Waals surface area contributed by atoms with Crippen molar-refractivity contribution in [2.45, 2.75) is 46.0 Å². The monoisotopic (exact) mass is 384 g/mol. The van der Waals surface area contributed by atoms with Gasteiger partial charge in [-0.05, 0) is 17.9 Å². The smallest absolute Gasteiger partial charge is 0.227 e. The molecule has 7 heteroatoms. The molecule has 0 N–H and O–H groups in total. The van der Waals surface area contributed by atoms with E-state index in [0.717, 1.165) is 12.0 Å². The van der Waals surface area contributed by atoms with E-state index in [2.05, 4.69) is 36.1 Å². The molecule has 0 unspecified atom stereocenters. The number of carbonyl (C=O) groups excluding carboxylic acids is 2. The Kier molecular flexibility index (Phi) is 6.44. The Hall–Kier alpha value is -2.70. The Labute approximate surface area is 165 Å². The minimum Gasteiger partial charge on any atom is -0.341 e. The molecule has 3 rings (SSSR count). The van der Waals surface area contributed by atoms with Crippen molar-refractivity contribution in [3.8, 4) is 11.4 Å². The topological polar surface area (TPSA) is 79.5 Å². The van der Waals surface area contributed by atoms with Crippen LogP contribution in [0.2, 0.25) is 0 Å². The van der Waals surface area contributed by atoms with E-state index in [1.54, 1.807) is 11.8 Å². The summed E-state index contributed by atoms with van der Waals surface area (Å²) >= 11 is 0. The second-order valence-corrected chi connectivity index (χ2v) is 7.53. The molecule has 0 radical (unpaired) electrons. The van der Waals surface area contributed by atoms with E-state index in [1.807, 2.05) is 17.0 Å². The van der Waals surface area contributed by atoms with Gasteiger partial charge >= 0.3 is 0 Å². The van der Waals surface area contributed by atoms with Crippen molar-refractivity contribution in [3.63, 3.8) is 0 Å². The lowest BCUT2D eigenvalue weighted by Gasteiger charge is -2.21. The van der Waals surface area contributed by atoms with E-state index in [4.69, 9.17) is 4.52 Å². The molecule has 0 atom stereocenters. The molecule has 150 valence electrons. The van der Waals surface area contributed by atoms with Gasteiger partial charge in [0.2, 0.25) is 23.5 Å². The van der Waals surface area contributed by atoms with Gasteiger partial charge in [-0.2, -0.15) is 4.98 Å². The zero-order valence-electron chi connectivity index (χ0n) is 16.9. The van der Waals surface area contributed by atoms with E-state index in [9.17, 15) is 9.59 Å². The van der Waals surface area contributed by atoms with Crippen LogP contribution in [-0.4, -0.2) is 57.9 Å². The van der Waals surface area contributed by atoms with Gasteiger partial charge in [-0.15, -0.1) is 0 Å². The average Bonchev–Trinajstić information content (AvgIpc) is 3.01. The van der Waals surface area contributed by atoms with Crippen LogP contribution in [0.5, 0.6) is 0 Å². The summed E-state index contributed by atoms with van der Waals surface area (Å²) in [6, 6.07) is 8.13. The number of rotatable bonds is 5. The number of carbonyl (C=O) groups is 2. The molecule has 2 amide bonds. The average molecular weight is 384 g/mol. The summed E-state index contributed by atoms with van der Waals surface area (Å²) < 4.78 is 5.32. The first-order valence-electron chi connectivity index (χ1n) is 9.90. The third kappa shape index (κ3) is 4.97. The van der Waals surface area contributed by atoms with E-state index in [1.165, 1.54) is 5.56 Å². The van der Waals surface area contributed by atoms with Crippen molar-refractivity contribution in [1.29, 1.82) is 0 Å². The molecule has 7 nitrogen and oxygen atoms in total. The third-order valence-electron chi connectivity index (χ3n) is 5.15. The second kappa shape index (κ2) is 8.99. The fourth-order valence-electron chi connectivity index (χ4n) is 3.34. The number of amides is 2. The van der Waals surface area contributed by atoms with Crippen molar-refractivity contribution >= 4 is 11.8 Å². The molecule has 1 aliphatic heterocycles. The third-order valence-corrected chi connectivity index (χ3v) is 5.15. The molecule has 2 heterocycles. The fraction of sp³-hybridized carbons (Fsp3) is 0.524. The van der Waals surface area contributed by atoms with E-state index in [-0.39, 0.29) is 11.8 Å². The van der Waals surface area contributed by atoms with Gasteiger partial charge in [-0.1, -0.05) is 43.3 Å². The molecular weight excluding hydrogens is 356 g/mol. The molecule has 0 saturated carbocycles. The maximum absolute atomic E-state index is 12.5. The van der Waals surface area contributed by atoms with Crippen LogP contribution >= 0.6 is 0 Å². The zero-order chi connectivity index (χ0) is 20.1. The Balaban J connectivity index is 1.54. The number of hydrogen-bond donors (Lipinski definition) is 0. The molecule has 2 aromatic rings. The number of aromatic nitrogens is 2. The first-order valence-corrected chi connectivity index (χ1v) is 9.90. The van der Waals surface area contributed by atoms with Gasteiger partial charge in [0, 0.05) is 51.5 Å². The van der Waals surface area contributed by atoms with Gasteiger partial charge in [0.1, 0.15) is 0 Å². The Morgan fingerprint density at radius 1 is 1.07 bits per heavy atom. The largest absolute Gasteiger partial charge is 0.341 e. The summed E-state index contributed by atoms with van der Waals surface area (Å²) in [7, 11) is 0. The van der Waals surface area contributed by atoms with Crippen LogP contribution in [0.1, 0.15) is 51.0 Å². The highest BCUT2D eigenvalue weighted by Gasteiger charge is 2.21. The molecule has 28 heavy (non-hydrogen) atoms. The Morgan fingerprint density at radius 3 is 2.43 bits per heavy atom. The maximum atomic E-state index is 12.5. The van der Waals surface area contributed by atoms with Crippen molar-refractivity contribution in [1.82, 2.24) is 19.9 Å². The van der Waals surface area contributed by atoms with Crippen molar-refractivity contribution in [3.05, 3.63) is 35.7 Å². The summed E-state index contributed by atoms with van der Waals surface area (Å²) in [5.41, 5.74) is 2.17. The SMILES string of the molecule is CC(=O)N1CCCN(C(=O)CCc2nc(-c3ccc(C(C)C)cc3)no2)CC1. The van der Waals surface area contributed by atoms with Crippen LogP contribution in [0.4, 0.5) is 0 Å². The molecule has 1 aromatic carbocycles. The van der Waals surface area contributed by atoms with Crippen LogP contribution in [-0.2, 0) is 16.0 Å². The Bertz CT molecular complexity index is 813. The first-order chi connectivity index (χ1) is 13.4. The van der Waals surface area contributed by atoms with Gasteiger partial charge in [0.25, 0.3) is 0 Å². The van der Waals surface area contributed by atoms with Gasteiger partial charge in [0.05, 0.1) is 0 Å². The number of benzene rings is 1. The van der Waals surface area contributed by atoms with E-state index in [0.29, 0.717) is 56.7 Å². The van der Waals surface area contributed by atoms with Gasteiger partial charge in [-0.3, -0.25) is 9.59 Å². The predicted octanol–water partition coefficient (Wildman–Crippen LogP) is 2.87. The van der Waals surface area contributed by atoms with E-state index >= 15 is 0 Å². The lowest BCUT2D eigenvalue weighted by Crippen LogP contribution is -2.36. The summed E-state index contributed by atoms with van der Waals surface area (Å²) in [6.07, 6.45) is 1.55. The molecule has 1 fully saturated rings. The minimum atomic E-state index is 0.0615. The molecule has 1 saturated heterocycles. The number of aryl methyl sites for hydroxylation is 1. The van der Waals surface area contributed by atoms with Gasteiger partial charge < -0.3 is 14.3 Å². The van der Waals surface area contributed by atoms with Crippen molar-refractivity contribution < 1.29 is 14.1 Å². The highest BCUT2D eigenvalue weighted by Crippen LogP contribution is 2.21. The first kappa shape index (κ1) is 20.0. The molecule has 0 bridgehead atoms. The minimum absolute atomic E-state index is 0.0615. The Morgan fingerprint density at radius 2 is 1.75 bits per heavy atom. The maximum Gasteiger partial charge on any atom is 0.227 e. The summed E-state index contributed by atoms with van der Waals surface area (Å²) in [5, 5.41) is 4.04. The molecule has 1 aliphatic rings. The van der Waals surface area contributed by atoms with Gasteiger partial charge in [-0.25, -0.2) is 0 Å². The summed E-state index contributed by atoms with van der Waals surface area (Å²) in [6.45, 7) is 8.44. The van der Waals surface area contributed by atoms with E-state index < -0.39 is 0 Å². The number of nitrogens with zero attached hydrogens (tertiary/aromatic N) is 4. The van der Waals surface area contributed by atoms with Gasteiger partial charge in [0.15, 0.2) is 0 Å². The summed E-state index contributed by atoms with van der Waals surface area (Å²) in [4.78, 5) is 32.1. The quantitative estimate of drug-likeness (QED) is 0.792. The molecular formula is C21H28N4O3. The lowest BCUT2D eigenvalue weighted by atomic mass is 10.0.